The quantitative estimate of drug-likeness (QED) is 0.533. The number of aliphatic hydroxyl groups is 1. The number of benzene rings is 1. The molecule has 0 aliphatic carbocycles. The molecule has 0 aliphatic rings. The third-order valence-electron chi connectivity index (χ3n) is 4.11. The fourth-order valence-corrected chi connectivity index (χ4v) is 2.64. The number of nitrogens with one attached hydrogen (secondary N) is 1. The Bertz CT molecular complexity index is 1140. The fourth-order valence-electron chi connectivity index (χ4n) is 2.64. The summed E-state index contributed by atoms with van der Waals surface area (Å²) >= 11 is 0. The van der Waals surface area contributed by atoms with Crippen molar-refractivity contribution >= 4 is 5.91 Å². The van der Waals surface area contributed by atoms with E-state index in [1.807, 2.05) is 0 Å². The Morgan fingerprint density at radius 3 is 2.53 bits per heavy atom. The molecule has 1 amide bonds. The van der Waals surface area contributed by atoms with Crippen LogP contribution in [0, 0.1) is 0 Å². The highest BCUT2D eigenvalue weighted by atomic mass is 19.4. The molecule has 2 heterocycles. The maximum Gasteiger partial charge on any atom is 0.573 e. The van der Waals surface area contributed by atoms with Gasteiger partial charge in [-0.3, -0.25) is 14.6 Å². The van der Waals surface area contributed by atoms with Crippen LogP contribution in [0.25, 0.3) is 16.9 Å². The van der Waals surface area contributed by atoms with Crippen LogP contribution in [0.15, 0.2) is 59.7 Å². The summed E-state index contributed by atoms with van der Waals surface area (Å²) in [6.07, 6.45) is -3.51. The molecule has 0 fully saturated rings. The van der Waals surface area contributed by atoms with Gasteiger partial charge in [-0.1, -0.05) is 0 Å². The predicted octanol–water partition coefficient (Wildman–Crippen LogP) is 2.25. The molecule has 8 nitrogen and oxygen atoms in total. The Morgan fingerprint density at radius 2 is 1.94 bits per heavy atom. The lowest BCUT2D eigenvalue weighted by atomic mass is 10.1. The first kappa shape index (κ1) is 22.9. The molecule has 32 heavy (non-hydrogen) atoms. The van der Waals surface area contributed by atoms with Gasteiger partial charge in [0.1, 0.15) is 18.0 Å². The first-order valence-electron chi connectivity index (χ1n) is 9.11. The van der Waals surface area contributed by atoms with E-state index in [1.54, 1.807) is 0 Å². The van der Waals surface area contributed by atoms with Crippen molar-refractivity contribution in [3.63, 3.8) is 0 Å². The van der Waals surface area contributed by atoms with Crippen molar-refractivity contribution in [2.24, 2.45) is 0 Å². The molecule has 0 aliphatic heterocycles. The van der Waals surface area contributed by atoms with Crippen LogP contribution in [0.4, 0.5) is 17.6 Å². The first-order valence-corrected chi connectivity index (χ1v) is 9.11. The molecule has 1 atom stereocenters. The smallest absolute Gasteiger partial charge is 0.406 e. The van der Waals surface area contributed by atoms with Gasteiger partial charge in [0, 0.05) is 18.3 Å². The van der Waals surface area contributed by atoms with Gasteiger partial charge in [-0.25, -0.2) is 4.39 Å². The van der Waals surface area contributed by atoms with Crippen molar-refractivity contribution in [1.82, 2.24) is 20.1 Å². The lowest BCUT2D eigenvalue weighted by Crippen LogP contribution is -2.38. The number of hydrogen-bond acceptors (Lipinski definition) is 6. The number of nitrogens with zero attached hydrogens (tertiary/aromatic N) is 3. The van der Waals surface area contributed by atoms with E-state index in [2.05, 4.69) is 20.1 Å². The van der Waals surface area contributed by atoms with E-state index in [1.165, 1.54) is 36.7 Å². The molecule has 12 heteroatoms. The second-order valence-electron chi connectivity index (χ2n) is 6.46. The summed E-state index contributed by atoms with van der Waals surface area (Å²) in [4.78, 5) is 29.3. The standard InChI is InChI=1S/C20H16F4N4O4/c21-9-14(29)11-26-18(30)16-8-17(12-3-5-15(6-4-12)32-20(22,23)24)27-28(19(16)31)13-2-1-7-25-10-13/h1-8,10,14,29H,9,11H2,(H,26,30). The number of pyridine rings is 1. The summed E-state index contributed by atoms with van der Waals surface area (Å²) in [5, 5.41) is 15.7. The topological polar surface area (TPSA) is 106 Å². The second-order valence-corrected chi connectivity index (χ2v) is 6.46. The van der Waals surface area contributed by atoms with Crippen LogP contribution in [0.5, 0.6) is 5.75 Å². The van der Waals surface area contributed by atoms with E-state index in [4.69, 9.17) is 0 Å². The monoisotopic (exact) mass is 452 g/mol. The summed E-state index contributed by atoms with van der Waals surface area (Å²) in [6, 6.07) is 8.86. The normalized spacial score (nSPS) is 12.3. The molecule has 0 bridgehead atoms. The zero-order valence-electron chi connectivity index (χ0n) is 16.2. The van der Waals surface area contributed by atoms with Crippen molar-refractivity contribution in [1.29, 1.82) is 0 Å². The number of carbonyl (C=O) groups excluding carboxylic acids is 1. The van der Waals surface area contributed by atoms with Crippen molar-refractivity contribution in [3.8, 4) is 22.7 Å². The minimum Gasteiger partial charge on any atom is -0.406 e. The number of halogens is 4. The number of aliphatic hydroxyl groups excluding tert-OH is 1. The molecular weight excluding hydrogens is 436 g/mol. The molecule has 0 spiro atoms. The molecule has 0 saturated heterocycles. The summed E-state index contributed by atoms with van der Waals surface area (Å²) in [6.45, 7) is -1.52. The van der Waals surface area contributed by atoms with Gasteiger partial charge in [0.2, 0.25) is 0 Å². The van der Waals surface area contributed by atoms with E-state index < -0.39 is 42.9 Å². The fraction of sp³-hybridized carbons (Fsp3) is 0.200. The Hall–Kier alpha value is -3.80. The Labute approximate surface area is 178 Å². The number of ether oxygens (including phenoxy) is 1. The van der Waals surface area contributed by atoms with E-state index in [0.717, 1.165) is 22.9 Å². The predicted molar refractivity (Wildman–Crippen MR) is 104 cm³/mol. The van der Waals surface area contributed by atoms with Crippen molar-refractivity contribution in [2.75, 3.05) is 13.2 Å². The first-order chi connectivity index (χ1) is 15.2. The zero-order chi connectivity index (χ0) is 23.3. The average Bonchev–Trinajstić information content (AvgIpc) is 2.77. The minimum absolute atomic E-state index is 0.0863. The molecule has 1 aromatic carbocycles. The van der Waals surface area contributed by atoms with Crippen LogP contribution in [0.1, 0.15) is 10.4 Å². The van der Waals surface area contributed by atoms with Gasteiger partial charge in [0.05, 0.1) is 23.7 Å². The van der Waals surface area contributed by atoms with Gasteiger partial charge >= 0.3 is 6.36 Å². The Kier molecular flexibility index (Phi) is 6.83. The molecule has 168 valence electrons. The van der Waals surface area contributed by atoms with Gasteiger partial charge in [0.25, 0.3) is 11.5 Å². The highest BCUT2D eigenvalue weighted by Crippen LogP contribution is 2.26. The Balaban J connectivity index is 2.04. The van der Waals surface area contributed by atoms with Crippen LogP contribution in [-0.4, -0.2) is 51.5 Å². The molecule has 3 rings (SSSR count). The van der Waals surface area contributed by atoms with E-state index in [9.17, 15) is 32.3 Å². The lowest BCUT2D eigenvalue weighted by molar-refractivity contribution is -0.274. The van der Waals surface area contributed by atoms with Crippen molar-refractivity contribution < 1.29 is 32.2 Å². The lowest BCUT2D eigenvalue weighted by Gasteiger charge is -2.13. The zero-order valence-corrected chi connectivity index (χ0v) is 16.2. The average molecular weight is 452 g/mol. The number of carbonyl (C=O) groups is 1. The number of alkyl halides is 4. The molecule has 0 saturated carbocycles. The van der Waals surface area contributed by atoms with Crippen molar-refractivity contribution in [3.05, 3.63) is 70.8 Å². The minimum atomic E-state index is -4.86. The summed E-state index contributed by atoms with van der Waals surface area (Å²) in [7, 11) is 0. The van der Waals surface area contributed by atoms with Gasteiger partial charge < -0.3 is 15.2 Å². The molecule has 2 N–H and O–H groups in total. The Morgan fingerprint density at radius 1 is 1.22 bits per heavy atom. The molecular formula is C20H16F4N4O4. The van der Waals surface area contributed by atoms with Crippen LogP contribution in [-0.2, 0) is 0 Å². The highest BCUT2D eigenvalue weighted by molar-refractivity contribution is 5.94. The number of hydrogen-bond donors (Lipinski definition) is 2. The molecule has 3 aromatic rings. The van der Waals surface area contributed by atoms with Gasteiger partial charge in [0.15, 0.2) is 0 Å². The summed E-state index contributed by atoms with van der Waals surface area (Å²) in [5.41, 5.74) is -0.584. The van der Waals surface area contributed by atoms with E-state index >= 15 is 0 Å². The summed E-state index contributed by atoms with van der Waals surface area (Å²) < 4.78 is 54.3. The molecule has 0 radical (unpaired) electrons. The summed E-state index contributed by atoms with van der Waals surface area (Å²) in [5.74, 6) is -1.35. The van der Waals surface area contributed by atoms with Crippen LogP contribution < -0.4 is 15.6 Å². The number of aromatic nitrogens is 3. The van der Waals surface area contributed by atoms with Crippen molar-refractivity contribution in [2.45, 2.75) is 12.5 Å². The van der Waals surface area contributed by atoms with Crippen LogP contribution >= 0.6 is 0 Å². The molecule has 1 unspecified atom stereocenters. The van der Waals surface area contributed by atoms with Crippen LogP contribution in [0.2, 0.25) is 0 Å². The van der Waals surface area contributed by atoms with E-state index in [0.29, 0.717) is 0 Å². The maximum atomic E-state index is 12.8. The molecule has 2 aromatic heterocycles. The third kappa shape index (κ3) is 5.66. The number of rotatable bonds is 7. The van der Waals surface area contributed by atoms with Crippen LogP contribution in [0.3, 0.4) is 0 Å². The van der Waals surface area contributed by atoms with E-state index in [-0.39, 0.29) is 22.5 Å². The maximum absolute atomic E-state index is 12.8. The number of amides is 1. The van der Waals surface area contributed by atoms with Gasteiger partial charge in [-0.05, 0) is 42.5 Å². The second kappa shape index (κ2) is 9.56. The third-order valence-corrected chi connectivity index (χ3v) is 4.11. The van der Waals surface area contributed by atoms with Gasteiger partial charge in [-0.15, -0.1) is 13.2 Å². The van der Waals surface area contributed by atoms with Gasteiger partial charge in [-0.2, -0.15) is 9.78 Å². The largest absolute Gasteiger partial charge is 0.573 e. The SMILES string of the molecule is O=C(NCC(O)CF)c1cc(-c2ccc(OC(F)(F)F)cc2)nn(-c2cccnc2)c1=O. The highest BCUT2D eigenvalue weighted by Gasteiger charge is 2.31.